The monoisotopic (exact) mass is 301 g/mol. The Morgan fingerprint density at radius 2 is 2.18 bits per heavy atom. The summed E-state index contributed by atoms with van der Waals surface area (Å²) in [6.07, 6.45) is 3.39. The maximum absolute atomic E-state index is 11.6. The van der Waals surface area contributed by atoms with Crippen LogP contribution in [0.1, 0.15) is 37.2 Å². The lowest BCUT2D eigenvalue weighted by atomic mass is 10.1. The summed E-state index contributed by atoms with van der Waals surface area (Å²) in [5.41, 5.74) is 5.15. The minimum absolute atomic E-state index is 0.101. The number of H-pyrrole nitrogens is 1. The lowest BCUT2D eigenvalue weighted by Crippen LogP contribution is -2.44. The van der Waals surface area contributed by atoms with E-state index >= 15 is 0 Å². The SMILES string of the molecule is CCCC(C)C(=O)NNC(=O)c1cc(Br)c[nH]1. The zero-order valence-corrected chi connectivity index (χ0v) is 11.4. The molecular formula is C11H16BrN3O2. The van der Waals surface area contributed by atoms with Crippen molar-refractivity contribution < 1.29 is 9.59 Å². The summed E-state index contributed by atoms with van der Waals surface area (Å²) in [6, 6.07) is 1.64. The third kappa shape index (κ3) is 4.22. The second kappa shape index (κ2) is 6.44. The van der Waals surface area contributed by atoms with Gasteiger partial charge in [-0.05, 0) is 28.4 Å². The Morgan fingerprint density at radius 1 is 1.47 bits per heavy atom. The first-order valence-electron chi connectivity index (χ1n) is 5.48. The Balaban J connectivity index is 2.41. The molecule has 0 saturated carbocycles. The predicted molar refractivity (Wildman–Crippen MR) is 68.2 cm³/mol. The van der Waals surface area contributed by atoms with Crippen molar-refractivity contribution in [1.82, 2.24) is 15.8 Å². The van der Waals surface area contributed by atoms with E-state index in [9.17, 15) is 9.59 Å². The highest BCUT2D eigenvalue weighted by Crippen LogP contribution is 2.10. The molecule has 0 saturated heterocycles. The first kappa shape index (κ1) is 13.8. The molecule has 1 unspecified atom stereocenters. The van der Waals surface area contributed by atoms with Crippen molar-refractivity contribution in [2.24, 2.45) is 5.92 Å². The van der Waals surface area contributed by atoms with Crippen LogP contribution in [0.4, 0.5) is 0 Å². The Morgan fingerprint density at radius 3 is 2.71 bits per heavy atom. The van der Waals surface area contributed by atoms with Gasteiger partial charge in [0.05, 0.1) is 0 Å². The number of amides is 2. The van der Waals surface area contributed by atoms with Gasteiger partial charge in [-0.15, -0.1) is 0 Å². The van der Waals surface area contributed by atoms with Gasteiger partial charge in [0, 0.05) is 16.6 Å². The number of hydrazine groups is 1. The van der Waals surface area contributed by atoms with Gasteiger partial charge < -0.3 is 4.98 Å². The van der Waals surface area contributed by atoms with E-state index in [0.717, 1.165) is 17.3 Å². The van der Waals surface area contributed by atoms with Crippen LogP contribution in [-0.2, 0) is 4.79 Å². The summed E-state index contributed by atoms with van der Waals surface area (Å²) >= 11 is 3.23. The molecule has 0 spiro atoms. The van der Waals surface area contributed by atoms with E-state index in [0.29, 0.717) is 5.69 Å². The van der Waals surface area contributed by atoms with Gasteiger partial charge in [0.2, 0.25) is 5.91 Å². The van der Waals surface area contributed by atoms with E-state index in [-0.39, 0.29) is 17.7 Å². The molecule has 0 aliphatic carbocycles. The molecule has 94 valence electrons. The van der Waals surface area contributed by atoms with E-state index < -0.39 is 0 Å². The molecule has 5 nitrogen and oxygen atoms in total. The number of rotatable bonds is 4. The minimum atomic E-state index is -0.368. The van der Waals surface area contributed by atoms with E-state index in [2.05, 4.69) is 31.8 Å². The first-order chi connectivity index (χ1) is 8.04. The van der Waals surface area contributed by atoms with Gasteiger partial charge in [-0.3, -0.25) is 20.4 Å². The number of hydrogen-bond acceptors (Lipinski definition) is 2. The highest BCUT2D eigenvalue weighted by atomic mass is 79.9. The fourth-order valence-electron chi connectivity index (χ4n) is 1.37. The fourth-order valence-corrected chi connectivity index (χ4v) is 1.72. The standard InChI is InChI=1S/C11H16BrN3O2/c1-3-4-7(2)10(16)14-15-11(17)9-5-8(12)6-13-9/h5-7,13H,3-4H2,1-2H3,(H,14,16)(H,15,17). The van der Waals surface area contributed by atoms with Crippen molar-refractivity contribution >= 4 is 27.7 Å². The molecule has 17 heavy (non-hydrogen) atoms. The molecule has 2 amide bonds. The van der Waals surface area contributed by atoms with Gasteiger partial charge in [-0.25, -0.2) is 0 Å². The molecule has 0 aromatic carbocycles. The number of hydrogen-bond donors (Lipinski definition) is 3. The lowest BCUT2D eigenvalue weighted by molar-refractivity contribution is -0.125. The molecule has 3 N–H and O–H groups in total. The Bertz CT molecular complexity index is 403. The molecule has 0 radical (unpaired) electrons. The van der Waals surface area contributed by atoms with Crippen molar-refractivity contribution in [3.05, 3.63) is 22.4 Å². The average molecular weight is 302 g/mol. The number of halogens is 1. The van der Waals surface area contributed by atoms with Gasteiger partial charge in [0.15, 0.2) is 0 Å². The largest absolute Gasteiger partial charge is 0.356 e. The normalized spacial score (nSPS) is 11.9. The summed E-state index contributed by atoms with van der Waals surface area (Å²) in [4.78, 5) is 25.9. The molecule has 1 rings (SSSR count). The smallest absolute Gasteiger partial charge is 0.286 e. The van der Waals surface area contributed by atoms with E-state index in [4.69, 9.17) is 0 Å². The zero-order valence-electron chi connectivity index (χ0n) is 9.84. The van der Waals surface area contributed by atoms with Gasteiger partial charge in [-0.2, -0.15) is 0 Å². The molecular weight excluding hydrogens is 286 g/mol. The lowest BCUT2D eigenvalue weighted by Gasteiger charge is -2.11. The van der Waals surface area contributed by atoms with Gasteiger partial charge in [0.25, 0.3) is 5.91 Å². The summed E-state index contributed by atoms with van der Waals surface area (Å²) in [7, 11) is 0. The molecule has 1 atom stereocenters. The second-order valence-corrected chi connectivity index (χ2v) is 4.78. The molecule has 6 heteroatoms. The number of carbonyl (C=O) groups is 2. The van der Waals surface area contributed by atoms with E-state index in [1.54, 1.807) is 12.3 Å². The highest BCUT2D eigenvalue weighted by Gasteiger charge is 2.13. The summed E-state index contributed by atoms with van der Waals surface area (Å²) < 4.78 is 0.785. The number of nitrogens with one attached hydrogen (secondary N) is 3. The maximum atomic E-state index is 11.6. The van der Waals surface area contributed by atoms with Crippen LogP contribution in [0.25, 0.3) is 0 Å². The van der Waals surface area contributed by atoms with Crippen LogP contribution in [0.5, 0.6) is 0 Å². The molecule has 0 aliphatic heterocycles. The first-order valence-corrected chi connectivity index (χ1v) is 6.28. The summed E-state index contributed by atoms with van der Waals surface area (Å²) in [5, 5.41) is 0. The van der Waals surface area contributed by atoms with Crippen molar-refractivity contribution in [2.45, 2.75) is 26.7 Å². The van der Waals surface area contributed by atoms with Gasteiger partial charge >= 0.3 is 0 Å². The Hall–Kier alpha value is -1.30. The highest BCUT2D eigenvalue weighted by molar-refractivity contribution is 9.10. The maximum Gasteiger partial charge on any atom is 0.286 e. The van der Waals surface area contributed by atoms with Crippen molar-refractivity contribution in [3.63, 3.8) is 0 Å². The third-order valence-electron chi connectivity index (χ3n) is 2.36. The number of aromatic amines is 1. The second-order valence-electron chi connectivity index (χ2n) is 3.86. The molecule has 0 fully saturated rings. The quantitative estimate of drug-likeness (QED) is 0.744. The molecule has 0 aliphatic rings. The topological polar surface area (TPSA) is 74.0 Å². The van der Waals surface area contributed by atoms with Crippen LogP contribution in [0.2, 0.25) is 0 Å². The van der Waals surface area contributed by atoms with E-state index in [1.807, 2.05) is 13.8 Å². The number of carbonyl (C=O) groups excluding carboxylic acids is 2. The van der Waals surface area contributed by atoms with Crippen LogP contribution >= 0.6 is 15.9 Å². The van der Waals surface area contributed by atoms with Crippen LogP contribution in [-0.4, -0.2) is 16.8 Å². The zero-order chi connectivity index (χ0) is 12.8. The summed E-state index contributed by atoms with van der Waals surface area (Å²) in [6.45, 7) is 3.84. The van der Waals surface area contributed by atoms with Crippen LogP contribution in [0, 0.1) is 5.92 Å². The fraction of sp³-hybridized carbons (Fsp3) is 0.455. The third-order valence-corrected chi connectivity index (χ3v) is 2.82. The van der Waals surface area contributed by atoms with Crippen molar-refractivity contribution in [3.8, 4) is 0 Å². The molecule has 1 heterocycles. The van der Waals surface area contributed by atoms with E-state index in [1.165, 1.54) is 0 Å². The minimum Gasteiger partial charge on any atom is -0.356 e. The number of aromatic nitrogens is 1. The summed E-state index contributed by atoms with van der Waals surface area (Å²) in [5.74, 6) is -0.644. The van der Waals surface area contributed by atoms with Gasteiger partial charge in [0.1, 0.15) is 5.69 Å². The Kier molecular flexibility index (Phi) is 5.21. The van der Waals surface area contributed by atoms with Crippen molar-refractivity contribution in [2.75, 3.05) is 0 Å². The predicted octanol–water partition coefficient (Wildman–Crippen LogP) is 1.97. The molecule has 0 bridgehead atoms. The van der Waals surface area contributed by atoms with Crippen molar-refractivity contribution in [1.29, 1.82) is 0 Å². The molecule has 1 aromatic heterocycles. The van der Waals surface area contributed by atoms with Crippen LogP contribution in [0.15, 0.2) is 16.7 Å². The average Bonchev–Trinajstić information content (AvgIpc) is 2.72. The van der Waals surface area contributed by atoms with Crippen LogP contribution in [0.3, 0.4) is 0 Å². The van der Waals surface area contributed by atoms with Gasteiger partial charge in [-0.1, -0.05) is 20.3 Å². The molecule has 1 aromatic rings. The Labute approximate surface area is 108 Å². The van der Waals surface area contributed by atoms with Crippen LogP contribution < -0.4 is 10.9 Å².